The van der Waals surface area contributed by atoms with Crippen molar-refractivity contribution in [1.29, 1.82) is 0 Å². The lowest BCUT2D eigenvalue weighted by atomic mass is 10.2. The van der Waals surface area contributed by atoms with Crippen LogP contribution in [0.3, 0.4) is 0 Å². The van der Waals surface area contributed by atoms with Crippen LogP contribution in [0.2, 0.25) is 0 Å². The third kappa shape index (κ3) is 3.57. The number of carbonyl (C=O) groups excluding carboxylic acids is 1. The van der Waals surface area contributed by atoms with Crippen molar-refractivity contribution in [3.05, 3.63) is 58.4 Å². The second-order valence-corrected chi connectivity index (χ2v) is 6.76. The second kappa shape index (κ2) is 6.47. The number of benzene rings is 2. The first-order chi connectivity index (χ1) is 11.0. The Kier molecular flexibility index (Phi) is 4.40. The van der Waals surface area contributed by atoms with E-state index in [1.807, 2.05) is 12.1 Å². The molecular formula is C16H14N2O3S2. The molecule has 0 aliphatic rings. The van der Waals surface area contributed by atoms with Gasteiger partial charge in [-0.25, -0.2) is 0 Å². The average Bonchev–Trinajstić information content (AvgIpc) is 2.92. The molecule has 1 atom stereocenters. The summed E-state index contributed by atoms with van der Waals surface area (Å²) in [6.45, 7) is 0.393. The first kappa shape index (κ1) is 15.6. The third-order valence-electron chi connectivity index (χ3n) is 3.39. The van der Waals surface area contributed by atoms with Gasteiger partial charge >= 0.3 is 0 Å². The van der Waals surface area contributed by atoms with Crippen LogP contribution >= 0.6 is 12.2 Å². The van der Waals surface area contributed by atoms with Gasteiger partial charge in [0.15, 0.2) is 5.58 Å². The van der Waals surface area contributed by atoms with Gasteiger partial charge in [-0.1, -0.05) is 12.1 Å². The van der Waals surface area contributed by atoms with Gasteiger partial charge < -0.3 is 14.7 Å². The molecule has 2 N–H and O–H groups in total. The molecular weight excluding hydrogens is 332 g/mol. The van der Waals surface area contributed by atoms with Crippen molar-refractivity contribution < 1.29 is 13.4 Å². The number of oxazole rings is 1. The molecule has 0 spiro atoms. The van der Waals surface area contributed by atoms with E-state index in [0.717, 1.165) is 16.0 Å². The van der Waals surface area contributed by atoms with E-state index in [4.69, 9.17) is 16.6 Å². The Morgan fingerprint density at radius 1 is 1.26 bits per heavy atom. The zero-order valence-corrected chi connectivity index (χ0v) is 13.9. The number of fused-ring (bicyclic) bond motifs is 1. The van der Waals surface area contributed by atoms with E-state index in [9.17, 15) is 9.00 Å². The van der Waals surface area contributed by atoms with E-state index in [1.165, 1.54) is 0 Å². The summed E-state index contributed by atoms with van der Waals surface area (Å²) in [6.07, 6.45) is 1.63. The van der Waals surface area contributed by atoms with Gasteiger partial charge in [0.2, 0.25) is 0 Å². The van der Waals surface area contributed by atoms with Crippen LogP contribution in [0.1, 0.15) is 15.9 Å². The van der Waals surface area contributed by atoms with Crippen molar-refractivity contribution >= 4 is 40.0 Å². The number of hydrogen-bond acceptors (Lipinski definition) is 4. The van der Waals surface area contributed by atoms with E-state index in [-0.39, 0.29) is 10.7 Å². The SMILES string of the molecule is C[S@@](=O)c1ccc(CNC(=O)c2ccc3[nH]c(=S)oc3c2)cc1. The molecule has 23 heavy (non-hydrogen) atoms. The Morgan fingerprint density at radius 2 is 2.00 bits per heavy atom. The van der Waals surface area contributed by atoms with Gasteiger partial charge in [-0.05, 0) is 48.1 Å². The highest BCUT2D eigenvalue weighted by atomic mass is 32.2. The summed E-state index contributed by atoms with van der Waals surface area (Å²) in [5.41, 5.74) is 2.75. The molecule has 7 heteroatoms. The van der Waals surface area contributed by atoms with Crippen LogP contribution in [-0.4, -0.2) is 21.4 Å². The first-order valence-electron chi connectivity index (χ1n) is 6.86. The number of aromatic amines is 1. The van der Waals surface area contributed by atoms with Crippen LogP contribution in [-0.2, 0) is 17.3 Å². The third-order valence-corrected chi connectivity index (χ3v) is 4.51. The minimum Gasteiger partial charge on any atom is -0.429 e. The molecule has 2 aromatic carbocycles. The maximum Gasteiger partial charge on any atom is 0.266 e. The van der Waals surface area contributed by atoms with Crippen molar-refractivity contribution in [2.45, 2.75) is 11.4 Å². The molecule has 0 bridgehead atoms. The zero-order chi connectivity index (χ0) is 16.4. The number of aromatic nitrogens is 1. The molecule has 0 fully saturated rings. The highest BCUT2D eigenvalue weighted by Crippen LogP contribution is 2.15. The minimum absolute atomic E-state index is 0.197. The molecule has 1 aromatic heterocycles. The Hall–Kier alpha value is -2.25. The lowest BCUT2D eigenvalue weighted by Gasteiger charge is -2.06. The lowest BCUT2D eigenvalue weighted by Crippen LogP contribution is -2.22. The normalized spacial score (nSPS) is 12.2. The topological polar surface area (TPSA) is 75.1 Å². The summed E-state index contributed by atoms with van der Waals surface area (Å²) in [4.78, 5) is 16.1. The minimum atomic E-state index is -1.00. The van der Waals surface area contributed by atoms with Gasteiger partial charge in [-0.15, -0.1) is 0 Å². The van der Waals surface area contributed by atoms with Gasteiger partial charge in [-0.3, -0.25) is 9.00 Å². The van der Waals surface area contributed by atoms with Crippen molar-refractivity contribution in [3.8, 4) is 0 Å². The monoisotopic (exact) mass is 346 g/mol. The molecule has 1 amide bonds. The Balaban J connectivity index is 1.70. The maximum atomic E-state index is 12.2. The summed E-state index contributed by atoms with van der Waals surface area (Å²) < 4.78 is 16.6. The molecule has 0 saturated carbocycles. The predicted octanol–water partition coefficient (Wildman–Crippen LogP) is 3.16. The Morgan fingerprint density at radius 3 is 2.70 bits per heavy atom. The first-order valence-corrected chi connectivity index (χ1v) is 8.83. The van der Waals surface area contributed by atoms with Crippen LogP contribution in [0.4, 0.5) is 0 Å². The fraction of sp³-hybridized carbons (Fsp3) is 0.125. The summed E-state index contributed by atoms with van der Waals surface area (Å²) >= 11 is 4.92. The van der Waals surface area contributed by atoms with E-state index in [1.54, 1.807) is 36.6 Å². The lowest BCUT2D eigenvalue weighted by molar-refractivity contribution is 0.0951. The van der Waals surface area contributed by atoms with E-state index < -0.39 is 10.8 Å². The van der Waals surface area contributed by atoms with Crippen LogP contribution in [0.15, 0.2) is 51.8 Å². The quantitative estimate of drug-likeness (QED) is 0.712. The second-order valence-electron chi connectivity index (χ2n) is 5.01. The van der Waals surface area contributed by atoms with Gasteiger partial charge in [0.1, 0.15) is 0 Å². The van der Waals surface area contributed by atoms with Gasteiger partial charge in [0, 0.05) is 34.1 Å². The fourth-order valence-electron chi connectivity index (χ4n) is 2.17. The number of rotatable bonds is 4. The summed E-state index contributed by atoms with van der Waals surface area (Å²) in [7, 11) is -1.00. The van der Waals surface area contributed by atoms with Crippen LogP contribution in [0.5, 0.6) is 0 Å². The van der Waals surface area contributed by atoms with Gasteiger partial charge in [0.25, 0.3) is 10.7 Å². The summed E-state index contributed by atoms with van der Waals surface area (Å²) in [5, 5.41) is 2.84. The molecule has 3 aromatic rings. The predicted molar refractivity (Wildman–Crippen MR) is 91.3 cm³/mol. The smallest absolute Gasteiger partial charge is 0.266 e. The van der Waals surface area contributed by atoms with Crippen LogP contribution < -0.4 is 5.32 Å². The highest BCUT2D eigenvalue weighted by Gasteiger charge is 2.08. The molecule has 0 saturated heterocycles. The summed E-state index contributed by atoms with van der Waals surface area (Å²) in [6, 6.07) is 12.4. The molecule has 3 rings (SSSR count). The summed E-state index contributed by atoms with van der Waals surface area (Å²) in [5.74, 6) is -0.197. The van der Waals surface area contributed by atoms with E-state index >= 15 is 0 Å². The molecule has 118 valence electrons. The van der Waals surface area contributed by atoms with Gasteiger partial charge in [0.05, 0.1) is 5.52 Å². The van der Waals surface area contributed by atoms with Crippen molar-refractivity contribution in [2.24, 2.45) is 0 Å². The largest absolute Gasteiger partial charge is 0.429 e. The van der Waals surface area contributed by atoms with Crippen molar-refractivity contribution in [1.82, 2.24) is 10.3 Å². The molecule has 0 unspecified atom stereocenters. The maximum absolute atomic E-state index is 12.2. The van der Waals surface area contributed by atoms with E-state index in [0.29, 0.717) is 17.7 Å². The van der Waals surface area contributed by atoms with Crippen molar-refractivity contribution in [3.63, 3.8) is 0 Å². The van der Waals surface area contributed by atoms with Crippen LogP contribution in [0, 0.1) is 4.84 Å². The Bertz CT molecular complexity index is 942. The molecule has 5 nitrogen and oxygen atoms in total. The molecule has 0 radical (unpaired) electrons. The number of amides is 1. The fourth-order valence-corrected chi connectivity index (χ4v) is 2.89. The number of H-pyrrole nitrogens is 1. The van der Waals surface area contributed by atoms with E-state index in [2.05, 4.69) is 10.3 Å². The molecule has 1 heterocycles. The van der Waals surface area contributed by atoms with Crippen molar-refractivity contribution in [2.75, 3.05) is 6.26 Å². The standard InChI is InChI=1S/C16H14N2O3S2/c1-23(20)12-5-2-10(3-6-12)9-17-15(19)11-4-7-13-14(8-11)21-16(22)18-13/h2-8H,9H2,1H3,(H,17,19)(H,18,22)/t23-/m1/s1. The molecule has 0 aliphatic carbocycles. The van der Waals surface area contributed by atoms with Gasteiger partial charge in [-0.2, -0.15) is 0 Å². The zero-order valence-electron chi connectivity index (χ0n) is 12.3. The van der Waals surface area contributed by atoms with Crippen LogP contribution in [0.25, 0.3) is 11.1 Å². The highest BCUT2D eigenvalue weighted by molar-refractivity contribution is 7.84. The number of carbonyl (C=O) groups is 1. The number of nitrogens with one attached hydrogen (secondary N) is 2. The Labute approximate surface area is 140 Å². The molecule has 0 aliphatic heterocycles. The number of hydrogen-bond donors (Lipinski definition) is 2. The average molecular weight is 346 g/mol.